The second-order valence-corrected chi connectivity index (χ2v) is 5.49. The summed E-state index contributed by atoms with van der Waals surface area (Å²) in [5, 5.41) is 11.4. The van der Waals surface area contributed by atoms with Crippen molar-refractivity contribution in [3.8, 4) is 0 Å². The van der Waals surface area contributed by atoms with Crippen molar-refractivity contribution >= 4 is 23.2 Å². The molecule has 0 aliphatic carbocycles. The number of thiophene rings is 1. The molecule has 6 nitrogen and oxygen atoms in total. The maximum absolute atomic E-state index is 12.1. The Morgan fingerprint density at radius 2 is 1.90 bits per heavy atom. The lowest BCUT2D eigenvalue weighted by Gasteiger charge is -2.11. The highest BCUT2D eigenvalue weighted by Crippen LogP contribution is 2.18. The number of aryl methyl sites for hydroxylation is 1. The van der Waals surface area contributed by atoms with Crippen molar-refractivity contribution in [2.45, 2.75) is 13.0 Å². The third-order valence-electron chi connectivity index (χ3n) is 2.86. The number of hydrogen-bond donors (Lipinski definition) is 3. The molecule has 2 aromatic heterocycles. The molecule has 2 aromatic rings. The van der Waals surface area contributed by atoms with Gasteiger partial charge in [-0.15, -0.1) is 11.3 Å². The smallest absolute Gasteiger partial charge is 0.284 e. The summed E-state index contributed by atoms with van der Waals surface area (Å²) < 4.78 is 1.91. The van der Waals surface area contributed by atoms with Crippen LogP contribution in [0.2, 0.25) is 0 Å². The molecule has 0 fully saturated rings. The molecule has 3 N–H and O–H groups in total. The fourth-order valence-electron chi connectivity index (χ4n) is 1.77. The van der Waals surface area contributed by atoms with Gasteiger partial charge < -0.3 is 9.88 Å². The molecule has 0 radical (unpaired) electrons. The summed E-state index contributed by atoms with van der Waals surface area (Å²) in [6.45, 7) is 1.89. The second kappa shape index (κ2) is 5.89. The Morgan fingerprint density at radius 1 is 1.25 bits per heavy atom. The van der Waals surface area contributed by atoms with E-state index in [-0.39, 0.29) is 16.8 Å². The summed E-state index contributed by atoms with van der Waals surface area (Å²) in [5.41, 5.74) is 2.55. The first kappa shape index (κ1) is 14.3. The number of nitrogens with zero attached hydrogens (tertiary/aromatic N) is 1. The quantitative estimate of drug-likeness (QED) is 0.592. The molecule has 0 bridgehead atoms. The van der Waals surface area contributed by atoms with E-state index in [1.54, 1.807) is 6.07 Å². The SMILES string of the molecule is C[C@@H](NC(=O)c1ccc(C(=O)NO)s1)c1ccn(C)c1. The molecule has 7 heteroatoms. The molecule has 2 rings (SSSR count). The molecular weight excluding hydrogens is 278 g/mol. The number of carbonyl (C=O) groups excluding carboxylic acids is 2. The molecule has 0 unspecified atom stereocenters. The van der Waals surface area contributed by atoms with Crippen molar-refractivity contribution in [1.29, 1.82) is 0 Å². The second-order valence-electron chi connectivity index (χ2n) is 4.41. The average Bonchev–Trinajstić information content (AvgIpc) is 3.06. The van der Waals surface area contributed by atoms with Crippen LogP contribution in [0.1, 0.15) is 37.9 Å². The maximum atomic E-state index is 12.1. The summed E-state index contributed by atoms with van der Waals surface area (Å²) in [5.74, 6) is -0.867. The predicted octanol–water partition coefficient (Wildman–Crippen LogP) is 1.70. The molecule has 2 amide bonds. The van der Waals surface area contributed by atoms with E-state index in [2.05, 4.69) is 5.32 Å². The Labute approximate surface area is 120 Å². The first-order valence-electron chi connectivity index (χ1n) is 5.98. The van der Waals surface area contributed by atoms with E-state index in [1.165, 1.54) is 11.5 Å². The summed E-state index contributed by atoms with van der Waals surface area (Å²) in [7, 11) is 1.91. The van der Waals surface area contributed by atoms with Crippen LogP contribution in [0.4, 0.5) is 0 Å². The molecule has 0 saturated carbocycles. The van der Waals surface area contributed by atoms with Crippen molar-refractivity contribution < 1.29 is 14.8 Å². The van der Waals surface area contributed by atoms with Gasteiger partial charge in [-0.1, -0.05) is 0 Å². The lowest BCUT2D eigenvalue weighted by atomic mass is 10.2. The van der Waals surface area contributed by atoms with Crippen LogP contribution in [0.3, 0.4) is 0 Å². The molecule has 0 aromatic carbocycles. The van der Waals surface area contributed by atoms with Crippen LogP contribution < -0.4 is 10.8 Å². The Kier molecular flexibility index (Phi) is 4.21. The number of nitrogens with one attached hydrogen (secondary N) is 2. The predicted molar refractivity (Wildman–Crippen MR) is 74.9 cm³/mol. The van der Waals surface area contributed by atoms with Gasteiger partial charge in [-0.05, 0) is 30.7 Å². The van der Waals surface area contributed by atoms with E-state index in [9.17, 15) is 9.59 Å². The van der Waals surface area contributed by atoms with Crippen LogP contribution in [0.5, 0.6) is 0 Å². The molecule has 2 heterocycles. The van der Waals surface area contributed by atoms with Crippen LogP contribution in [0, 0.1) is 0 Å². The van der Waals surface area contributed by atoms with Gasteiger partial charge >= 0.3 is 0 Å². The van der Waals surface area contributed by atoms with Gasteiger partial charge in [0.05, 0.1) is 15.8 Å². The number of carbonyl (C=O) groups is 2. The Morgan fingerprint density at radius 3 is 2.45 bits per heavy atom. The van der Waals surface area contributed by atoms with Gasteiger partial charge in [0.15, 0.2) is 0 Å². The first-order valence-corrected chi connectivity index (χ1v) is 6.80. The standard InChI is InChI=1S/C13H15N3O3S/c1-8(9-5-6-16(2)7-9)14-12(17)10-3-4-11(20-10)13(18)15-19/h3-8,19H,1-2H3,(H,14,17)(H,15,18)/t8-/m1/s1. The van der Waals surface area contributed by atoms with Gasteiger partial charge in [-0.2, -0.15) is 0 Å². The summed E-state index contributed by atoms with van der Waals surface area (Å²) in [6, 6.07) is 4.87. The van der Waals surface area contributed by atoms with Crippen molar-refractivity contribution in [3.05, 3.63) is 45.9 Å². The third-order valence-corrected chi connectivity index (χ3v) is 3.94. The van der Waals surface area contributed by atoms with E-state index >= 15 is 0 Å². The van der Waals surface area contributed by atoms with Gasteiger partial charge in [0.1, 0.15) is 0 Å². The zero-order valence-corrected chi connectivity index (χ0v) is 11.9. The number of aromatic nitrogens is 1. The first-order chi connectivity index (χ1) is 9.51. The van der Waals surface area contributed by atoms with Crippen molar-refractivity contribution in [2.75, 3.05) is 0 Å². The fraction of sp³-hybridized carbons (Fsp3) is 0.231. The van der Waals surface area contributed by atoms with Crippen molar-refractivity contribution in [3.63, 3.8) is 0 Å². The fourth-order valence-corrected chi connectivity index (χ4v) is 2.57. The topological polar surface area (TPSA) is 83.4 Å². The number of hydrogen-bond acceptors (Lipinski definition) is 4. The highest BCUT2D eigenvalue weighted by molar-refractivity contribution is 7.15. The van der Waals surface area contributed by atoms with Crippen molar-refractivity contribution in [2.24, 2.45) is 7.05 Å². The molecule has 0 saturated heterocycles. The molecule has 1 atom stereocenters. The monoisotopic (exact) mass is 293 g/mol. The molecule has 0 aliphatic heterocycles. The normalized spacial score (nSPS) is 11.9. The molecular formula is C13H15N3O3S. The van der Waals surface area contributed by atoms with E-state index in [4.69, 9.17) is 5.21 Å². The lowest BCUT2D eigenvalue weighted by Crippen LogP contribution is -2.25. The van der Waals surface area contributed by atoms with Gasteiger partial charge in [0.2, 0.25) is 0 Å². The minimum atomic E-state index is -0.620. The summed E-state index contributed by atoms with van der Waals surface area (Å²) in [4.78, 5) is 24.0. The van der Waals surface area contributed by atoms with Crippen molar-refractivity contribution in [1.82, 2.24) is 15.4 Å². The molecule has 20 heavy (non-hydrogen) atoms. The van der Waals surface area contributed by atoms with E-state index in [0.717, 1.165) is 16.9 Å². The van der Waals surface area contributed by atoms with Gasteiger partial charge in [-0.3, -0.25) is 14.8 Å². The van der Waals surface area contributed by atoms with E-state index in [1.807, 2.05) is 37.0 Å². The van der Waals surface area contributed by atoms with Gasteiger partial charge in [0.25, 0.3) is 11.8 Å². The van der Waals surface area contributed by atoms with Gasteiger partial charge in [0, 0.05) is 19.4 Å². The highest BCUT2D eigenvalue weighted by Gasteiger charge is 2.16. The zero-order valence-electron chi connectivity index (χ0n) is 11.1. The van der Waals surface area contributed by atoms with Crippen LogP contribution >= 0.6 is 11.3 Å². The Bertz CT molecular complexity index is 632. The van der Waals surface area contributed by atoms with Crippen LogP contribution in [0.15, 0.2) is 30.6 Å². The molecule has 0 spiro atoms. The average molecular weight is 293 g/mol. The van der Waals surface area contributed by atoms with E-state index in [0.29, 0.717) is 4.88 Å². The third kappa shape index (κ3) is 3.06. The largest absolute Gasteiger partial charge is 0.357 e. The maximum Gasteiger partial charge on any atom is 0.284 e. The number of amides is 2. The van der Waals surface area contributed by atoms with Crippen LogP contribution in [-0.4, -0.2) is 21.6 Å². The highest BCUT2D eigenvalue weighted by atomic mass is 32.1. The molecule has 0 aliphatic rings. The van der Waals surface area contributed by atoms with Crippen LogP contribution in [0.25, 0.3) is 0 Å². The summed E-state index contributed by atoms with van der Waals surface area (Å²) >= 11 is 1.03. The zero-order chi connectivity index (χ0) is 14.7. The van der Waals surface area contributed by atoms with Crippen LogP contribution in [-0.2, 0) is 7.05 Å². The van der Waals surface area contributed by atoms with E-state index < -0.39 is 5.91 Å². The Balaban J connectivity index is 2.04. The van der Waals surface area contributed by atoms with Gasteiger partial charge in [-0.25, -0.2) is 5.48 Å². The Hall–Kier alpha value is -2.12. The summed E-state index contributed by atoms with van der Waals surface area (Å²) in [6.07, 6.45) is 3.84. The minimum Gasteiger partial charge on any atom is -0.357 e. The number of hydroxylamine groups is 1. The minimum absolute atomic E-state index is 0.124. The lowest BCUT2D eigenvalue weighted by molar-refractivity contribution is 0.0711. The number of rotatable bonds is 4. The molecule has 106 valence electrons.